The van der Waals surface area contributed by atoms with Gasteiger partial charge in [0.15, 0.2) is 5.78 Å². The van der Waals surface area contributed by atoms with Gasteiger partial charge >= 0.3 is 5.97 Å². The number of ether oxygens (including phenoxy) is 1. The lowest BCUT2D eigenvalue weighted by Gasteiger charge is -2.27. The van der Waals surface area contributed by atoms with Crippen LogP contribution >= 0.6 is 0 Å². The summed E-state index contributed by atoms with van der Waals surface area (Å²) in [4.78, 5) is 38.3. The molecule has 0 spiro atoms. The van der Waals surface area contributed by atoms with Crippen molar-refractivity contribution in [3.8, 4) is 0 Å². The number of ketones is 1. The number of benzene rings is 2. The van der Waals surface area contributed by atoms with Crippen LogP contribution in [0.3, 0.4) is 0 Å². The summed E-state index contributed by atoms with van der Waals surface area (Å²) in [5.41, 5.74) is 1.56. The third-order valence-corrected chi connectivity index (χ3v) is 4.53. The van der Waals surface area contributed by atoms with Gasteiger partial charge in [-0.15, -0.1) is 0 Å². The van der Waals surface area contributed by atoms with Crippen LogP contribution in [0.25, 0.3) is 0 Å². The van der Waals surface area contributed by atoms with Gasteiger partial charge in [0.05, 0.1) is 12.5 Å². The van der Waals surface area contributed by atoms with Crippen LogP contribution in [0.2, 0.25) is 0 Å². The van der Waals surface area contributed by atoms with Crippen LogP contribution in [0.15, 0.2) is 60.7 Å². The van der Waals surface area contributed by atoms with Crippen molar-refractivity contribution in [2.45, 2.75) is 38.5 Å². The molecule has 1 unspecified atom stereocenters. The Labute approximate surface area is 152 Å². The van der Waals surface area contributed by atoms with E-state index in [4.69, 9.17) is 4.74 Å². The van der Waals surface area contributed by atoms with Crippen molar-refractivity contribution in [3.05, 3.63) is 71.8 Å². The van der Waals surface area contributed by atoms with Crippen molar-refractivity contribution < 1.29 is 19.1 Å². The smallest absolute Gasteiger partial charge is 0.302 e. The number of likely N-dealkylation sites (tertiary alicyclic amines) is 1. The van der Waals surface area contributed by atoms with Crippen LogP contribution in [0, 0.1) is 0 Å². The number of Topliss-reactive ketones (excluding diaryl/α,β-unsaturated/α-hetero) is 1. The number of hydrogen-bond acceptors (Lipinski definition) is 4. The summed E-state index contributed by atoms with van der Waals surface area (Å²) in [6, 6.07) is 18.1. The first-order valence-corrected chi connectivity index (χ1v) is 8.63. The van der Waals surface area contributed by atoms with Gasteiger partial charge in [0.25, 0.3) is 0 Å². The van der Waals surface area contributed by atoms with Crippen LogP contribution in [-0.2, 0) is 20.9 Å². The number of amides is 1. The van der Waals surface area contributed by atoms with E-state index < -0.39 is 18.1 Å². The fourth-order valence-corrected chi connectivity index (χ4v) is 3.30. The van der Waals surface area contributed by atoms with Crippen LogP contribution in [0.4, 0.5) is 0 Å². The first kappa shape index (κ1) is 17.9. The van der Waals surface area contributed by atoms with E-state index in [9.17, 15) is 14.4 Å². The maximum Gasteiger partial charge on any atom is 0.302 e. The second-order valence-electron chi connectivity index (χ2n) is 6.42. The van der Waals surface area contributed by atoms with E-state index in [1.54, 1.807) is 29.2 Å². The highest BCUT2D eigenvalue weighted by atomic mass is 16.5. The third-order valence-electron chi connectivity index (χ3n) is 4.53. The molecular weight excluding hydrogens is 330 g/mol. The Balaban J connectivity index is 1.82. The molecule has 0 aromatic heterocycles. The number of nitrogens with zero attached hydrogens (tertiary/aromatic N) is 1. The van der Waals surface area contributed by atoms with Crippen molar-refractivity contribution in [1.29, 1.82) is 0 Å². The molecule has 1 heterocycles. The van der Waals surface area contributed by atoms with E-state index in [1.807, 2.05) is 36.4 Å². The highest BCUT2D eigenvalue weighted by molar-refractivity contribution is 5.97. The van der Waals surface area contributed by atoms with E-state index in [1.165, 1.54) is 6.92 Å². The van der Waals surface area contributed by atoms with Gasteiger partial charge in [-0.05, 0) is 5.56 Å². The number of carbonyl (C=O) groups excluding carboxylic acids is 3. The molecule has 1 aliphatic rings. The number of rotatable bonds is 6. The molecule has 1 fully saturated rings. The highest BCUT2D eigenvalue weighted by Gasteiger charge is 2.42. The summed E-state index contributed by atoms with van der Waals surface area (Å²) in [5, 5.41) is 0. The summed E-state index contributed by atoms with van der Waals surface area (Å²) in [6.07, 6.45) is -0.365. The Morgan fingerprint density at radius 2 is 1.65 bits per heavy atom. The molecular formula is C21H21NO4. The van der Waals surface area contributed by atoms with Gasteiger partial charge in [-0.3, -0.25) is 14.4 Å². The molecule has 5 heteroatoms. The number of esters is 1. The summed E-state index contributed by atoms with van der Waals surface area (Å²) in [6.45, 7) is 1.71. The lowest BCUT2D eigenvalue weighted by molar-refractivity contribution is -0.147. The molecule has 1 amide bonds. The summed E-state index contributed by atoms with van der Waals surface area (Å²) in [5.74, 6) is -0.618. The monoisotopic (exact) mass is 351 g/mol. The van der Waals surface area contributed by atoms with Gasteiger partial charge < -0.3 is 9.64 Å². The lowest BCUT2D eigenvalue weighted by Crippen LogP contribution is -2.39. The van der Waals surface area contributed by atoms with Crippen molar-refractivity contribution in [2.75, 3.05) is 0 Å². The summed E-state index contributed by atoms with van der Waals surface area (Å²) in [7, 11) is 0. The minimum atomic E-state index is -0.601. The molecule has 2 aromatic carbocycles. The Bertz CT molecular complexity index is 788. The zero-order valence-electron chi connectivity index (χ0n) is 14.6. The largest absolute Gasteiger partial charge is 0.460 e. The molecule has 0 saturated carbocycles. The minimum Gasteiger partial charge on any atom is -0.460 e. The van der Waals surface area contributed by atoms with Gasteiger partial charge in [-0.25, -0.2) is 0 Å². The SMILES string of the molecule is CC(=O)O[C@H]1CC(=O)N(Cc2ccccc2)C1CC(=O)c1ccccc1. The van der Waals surface area contributed by atoms with E-state index in [0.717, 1.165) is 5.56 Å². The average molecular weight is 351 g/mol. The molecule has 1 aliphatic heterocycles. The topological polar surface area (TPSA) is 63.7 Å². The maximum atomic E-state index is 12.7. The first-order valence-electron chi connectivity index (χ1n) is 8.63. The fraction of sp³-hybridized carbons (Fsp3) is 0.286. The molecule has 26 heavy (non-hydrogen) atoms. The van der Waals surface area contributed by atoms with Gasteiger partial charge in [-0.1, -0.05) is 60.7 Å². The Morgan fingerprint density at radius 1 is 1.04 bits per heavy atom. The highest BCUT2D eigenvalue weighted by Crippen LogP contribution is 2.28. The Hall–Kier alpha value is -2.95. The molecule has 3 rings (SSSR count). The zero-order valence-corrected chi connectivity index (χ0v) is 14.6. The standard InChI is InChI=1S/C21H21NO4/c1-15(23)26-20-13-21(25)22(14-16-8-4-2-5-9-16)18(20)12-19(24)17-10-6-3-7-11-17/h2-11,18,20H,12-14H2,1H3/t18?,20-/m0/s1. The van der Waals surface area contributed by atoms with Gasteiger partial charge in [0, 0.05) is 25.5 Å². The average Bonchev–Trinajstić information content (AvgIpc) is 2.91. The molecule has 2 aromatic rings. The maximum absolute atomic E-state index is 12.7. The zero-order chi connectivity index (χ0) is 18.5. The van der Waals surface area contributed by atoms with Gasteiger partial charge in [0.2, 0.25) is 5.91 Å². The molecule has 0 bridgehead atoms. The normalized spacial score (nSPS) is 19.4. The molecule has 1 saturated heterocycles. The fourth-order valence-electron chi connectivity index (χ4n) is 3.30. The van der Waals surface area contributed by atoms with Crippen molar-refractivity contribution in [2.24, 2.45) is 0 Å². The number of carbonyl (C=O) groups is 3. The molecule has 134 valence electrons. The Kier molecular flexibility index (Phi) is 5.46. The second kappa shape index (κ2) is 7.95. The van der Waals surface area contributed by atoms with Crippen molar-refractivity contribution in [1.82, 2.24) is 4.90 Å². The molecule has 5 nitrogen and oxygen atoms in total. The predicted octanol–water partition coefficient (Wildman–Crippen LogP) is 2.99. The van der Waals surface area contributed by atoms with E-state index in [-0.39, 0.29) is 24.5 Å². The minimum absolute atomic E-state index is 0.0690. The molecule has 0 aliphatic carbocycles. The second-order valence-corrected chi connectivity index (χ2v) is 6.42. The Morgan fingerprint density at radius 3 is 2.27 bits per heavy atom. The van der Waals surface area contributed by atoms with Crippen molar-refractivity contribution in [3.63, 3.8) is 0 Å². The van der Waals surface area contributed by atoms with Crippen LogP contribution in [0.5, 0.6) is 0 Å². The lowest BCUT2D eigenvalue weighted by atomic mass is 10.00. The van der Waals surface area contributed by atoms with Gasteiger partial charge in [0.1, 0.15) is 6.10 Å². The van der Waals surface area contributed by atoms with Crippen LogP contribution in [-0.4, -0.2) is 34.7 Å². The number of hydrogen-bond donors (Lipinski definition) is 0. The predicted molar refractivity (Wildman–Crippen MR) is 96.3 cm³/mol. The summed E-state index contributed by atoms with van der Waals surface area (Å²) < 4.78 is 5.35. The first-order chi connectivity index (χ1) is 12.5. The summed E-state index contributed by atoms with van der Waals surface area (Å²) >= 11 is 0. The van der Waals surface area contributed by atoms with E-state index in [2.05, 4.69) is 0 Å². The molecule has 2 atom stereocenters. The van der Waals surface area contributed by atoms with E-state index >= 15 is 0 Å². The van der Waals surface area contributed by atoms with Crippen molar-refractivity contribution >= 4 is 17.7 Å². The quantitative estimate of drug-likeness (QED) is 0.593. The van der Waals surface area contributed by atoms with Gasteiger partial charge in [-0.2, -0.15) is 0 Å². The molecule has 0 radical (unpaired) electrons. The third kappa shape index (κ3) is 4.17. The van der Waals surface area contributed by atoms with Crippen LogP contribution in [0.1, 0.15) is 35.7 Å². The molecule has 0 N–H and O–H groups in total. The van der Waals surface area contributed by atoms with Crippen LogP contribution < -0.4 is 0 Å². The van der Waals surface area contributed by atoms with E-state index in [0.29, 0.717) is 12.1 Å².